The average Bonchev–Trinajstić information content (AvgIpc) is 2.81. The van der Waals surface area contributed by atoms with E-state index in [4.69, 9.17) is 27.9 Å². The van der Waals surface area contributed by atoms with Crippen LogP contribution in [0.5, 0.6) is 0 Å². The standard InChI is InChI=1S/C18H18Cl2N2O2/c1-5-11-18(3,4)24-16(23)14-15(19)21-17(20)22(14)12(2)13-9-7-6-8-10-13/h6-12H,1H2,2-4H3/t12-/m1/s1. The van der Waals surface area contributed by atoms with Gasteiger partial charge in [0.05, 0.1) is 6.04 Å². The highest BCUT2D eigenvalue weighted by molar-refractivity contribution is 6.34. The number of hydrogen-bond acceptors (Lipinski definition) is 3. The third kappa shape index (κ3) is 3.90. The van der Waals surface area contributed by atoms with Gasteiger partial charge in [-0.25, -0.2) is 9.78 Å². The molecule has 2 rings (SSSR count). The summed E-state index contributed by atoms with van der Waals surface area (Å²) < 4.78 is 7.05. The van der Waals surface area contributed by atoms with Gasteiger partial charge in [0.25, 0.3) is 0 Å². The maximum absolute atomic E-state index is 12.6. The number of carbonyl (C=O) groups excluding carboxylic acids is 1. The van der Waals surface area contributed by atoms with E-state index >= 15 is 0 Å². The largest absolute Gasteiger partial charge is 0.450 e. The number of halogens is 2. The van der Waals surface area contributed by atoms with Gasteiger partial charge in [-0.15, -0.1) is 5.73 Å². The van der Waals surface area contributed by atoms with Crippen LogP contribution in [0.1, 0.15) is 42.9 Å². The molecule has 1 aromatic carbocycles. The molecular formula is C18H18Cl2N2O2. The molecule has 0 amide bonds. The molecule has 0 bridgehead atoms. The van der Waals surface area contributed by atoms with Gasteiger partial charge in [-0.05, 0) is 44.0 Å². The van der Waals surface area contributed by atoms with Crippen molar-refractivity contribution in [2.24, 2.45) is 0 Å². The number of imidazole rings is 1. The average molecular weight is 365 g/mol. The minimum Gasteiger partial charge on any atom is -0.450 e. The van der Waals surface area contributed by atoms with E-state index in [-0.39, 0.29) is 22.2 Å². The molecule has 24 heavy (non-hydrogen) atoms. The second kappa shape index (κ2) is 7.27. The molecule has 0 spiro atoms. The lowest BCUT2D eigenvalue weighted by Crippen LogP contribution is -2.27. The van der Waals surface area contributed by atoms with Crippen LogP contribution in [0.2, 0.25) is 10.4 Å². The molecule has 1 atom stereocenters. The fourth-order valence-electron chi connectivity index (χ4n) is 2.36. The summed E-state index contributed by atoms with van der Waals surface area (Å²) in [5.41, 5.74) is 2.82. The van der Waals surface area contributed by atoms with Gasteiger partial charge in [0.15, 0.2) is 10.8 Å². The first-order valence-corrected chi connectivity index (χ1v) is 8.11. The Kier molecular flexibility index (Phi) is 5.55. The predicted octanol–water partition coefficient (Wildman–Crippen LogP) is 5.08. The third-order valence-corrected chi connectivity index (χ3v) is 4.02. The minimum atomic E-state index is -0.875. The highest BCUT2D eigenvalue weighted by atomic mass is 35.5. The van der Waals surface area contributed by atoms with Crippen molar-refractivity contribution in [3.05, 3.63) is 70.4 Å². The monoisotopic (exact) mass is 364 g/mol. The zero-order valence-electron chi connectivity index (χ0n) is 13.7. The Morgan fingerprint density at radius 1 is 1.38 bits per heavy atom. The number of rotatable bonds is 5. The summed E-state index contributed by atoms with van der Waals surface area (Å²) in [6, 6.07) is 9.38. The van der Waals surface area contributed by atoms with E-state index in [1.54, 1.807) is 24.5 Å². The summed E-state index contributed by atoms with van der Waals surface area (Å²) in [4.78, 5) is 16.6. The number of ether oxygens (including phenoxy) is 1. The van der Waals surface area contributed by atoms with Gasteiger partial charge in [-0.3, -0.25) is 0 Å². The number of esters is 1. The highest BCUT2D eigenvalue weighted by Crippen LogP contribution is 2.30. The number of nitrogens with zero attached hydrogens (tertiary/aromatic N) is 2. The van der Waals surface area contributed by atoms with Gasteiger partial charge >= 0.3 is 5.97 Å². The van der Waals surface area contributed by atoms with Gasteiger partial charge in [0, 0.05) is 0 Å². The molecule has 0 saturated heterocycles. The van der Waals surface area contributed by atoms with Gasteiger partial charge in [0.1, 0.15) is 5.60 Å². The van der Waals surface area contributed by atoms with E-state index in [0.29, 0.717) is 0 Å². The molecule has 6 heteroatoms. The molecule has 0 aliphatic rings. The number of benzene rings is 1. The number of aromatic nitrogens is 2. The summed E-state index contributed by atoms with van der Waals surface area (Å²) >= 11 is 12.3. The van der Waals surface area contributed by atoms with Crippen molar-refractivity contribution < 1.29 is 9.53 Å². The molecule has 126 valence electrons. The van der Waals surface area contributed by atoms with Crippen molar-refractivity contribution in [1.82, 2.24) is 9.55 Å². The van der Waals surface area contributed by atoms with Crippen LogP contribution in [-0.4, -0.2) is 21.1 Å². The SMILES string of the molecule is C=C=CC(C)(C)OC(=O)c1c(Cl)nc(Cl)n1[C@H](C)c1ccccc1. The van der Waals surface area contributed by atoms with E-state index in [0.717, 1.165) is 5.56 Å². The van der Waals surface area contributed by atoms with Crippen LogP contribution < -0.4 is 0 Å². The second-order valence-electron chi connectivity index (χ2n) is 5.82. The molecule has 0 N–H and O–H groups in total. The van der Waals surface area contributed by atoms with Crippen LogP contribution in [0.25, 0.3) is 0 Å². The second-order valence-corrected chi connectivity index (χ2v) is 6.51. The maximum Gasteiger partial charge on any atom is 0.359 e. The van der Waals surface area contributed by atoms with E-state index < -0.39 is 11.6 Å². The zero-order valence-corrected chi connectivity index (χ0v) is 15.2. The van der Waals surface area contributed by atoms with Gasteiger partial charge < -0.3 is 9.30 Å². The Labute approximate surface area is 151 Å². The fraction of sp³-hybridized carbons (Fsp3) is 0.278. The molecule has 4 nitrogen and oxygen atoms in total. The van der Waals surface area contributed by atoms with Crippen LogP contribution >= 0.6 is 23.2 Å². The normalized spacial score (nSPS) is 12.4. The molecule has 2 aromatic rings. The van der Waals surface area contributed by atoms with E-state index in [1.165, 1.54) is 0 Å². The van der Waals surface area contributed by atoms with Crippen LogP contribution in [0.15, 0.2) is 48.7 Å². The zero-order chi connectivity index (χ0) is 17.9. The molecule has 0 aliphatic carbocycles. The first-order valence-electron chi connectivity index (χ1n) is 7.35. The van der Waals surface area contributed by atoms with Gasteiger partial charge in [-0.2, -0.15) is 0 Å². The summed E-state index contributed by atoms with van der Waals surface area (Å²) in [5, 5.41) is 0.131. The fourth-order valence-corrected chi connectivity index (χ4v) is 2.97. The summed E-state index contributed by atoms with van der Waals surface area (Å²) in [7, 11) is 0. The molecule has 1 aromatic heterocycles. The van der Waals surface area contributed by atoms with Gasteiger partial charge in [0.2, 0.25) is 5.28 Å². The smallest absolute Gasteiger partial charge is 0.359 e. The Morgan fingerprint density at radius 3 is 2.58 bits per heavy atom. The van der Waals surface area contributed by atoms with Crippen molar-refractivity contribution in [2.45, 2.75) is 32.4 Å². The summed E-state index contributed by atoms with van der Waals surface area (Å²) in [5.74, 6) is -0.612. The number of hydrogen-bond donors (Lipinski definition) is 0. The quantitative estimate of drug-likeness (QED) is 0.549. The van der Waals surface area contributed by atoms with E-state index in [1.807, 2.05) is 37.3 Å². The Hall–Kier alpha value is -2.00. The lowest BCUT2D eigenvalue weighted by atomic mass is 10.1. The molecular weight excluding hydrogens is 347 g/mol. The topological polar surface area (TPSA) is 44.1 Å². The molecule has 0 fully saturated rings. The van der Waals surface area contributed by atoms with Crippen molar-refractivity contribution in [3.63, 3.8) is 0 Å². The van der Waals surface area contributed by atoms with Crippen molar-refractivity contribution in [2.75, 3.05) is 0 Å². The van der Waals surface area contributed by atoms with E-state index in [2.05, 4.69) is 17.3 Å². The van der Waals surface area contributed by atoms with Crippen LogP contribution in [-0.2, 0) is 4.74 Å². The van der Waals surface area contributed by atoms with Crippen molar-refractivity contribution >= 4 is 29.2 Å². The van der Waals surface area contributed by atoms with Crippen LogP contribution in [0, 0.1) is 0 Å². The van der Waals surface area contributed by atoms with Crippen molar-refractivity contribution in [1.29, 1.82) is 0 Å². The molecule has 0 radical (unpaired) electrons. The maximum atomic E-state index is 12.6. The lowest BCUT2D eigenvalue weighted by Gasteiger charge is -2.22. The first kappa shape index (κ1) is 18.3. The number of carbonyl (C=O) groups is 1. The molecule has 0 saturated carbocycles. The van der Waals surface area contributed by atoms with Crippen LogP contribution in [0.4, 0.5) is 0 Å². The Bertz CT molecular complexity index is 791. The summed E-state index contributed by atoms with van der Waals surface area (Å²) in [6.45, 7) is 8.85. The molecule has 0 aliphatic heterocycles. The third-order valence-electron chi connectivity index (χ3n) is 3.49. The molecule has 1 heterocycles. The Morgan fingerprint density at radius 2 is 2.00 bits per heavy atom. The predicted molar refractivity (Wildman–Crippen MR) is 95.7 cm³/mol. The Balaban J connectivity index is 2.45. The summed E-state index contributed by atoms with van der Waals surface area (Å²) in [6.07, 6.45) is 1.56. The van der Waals surface area contributed by atoms with E-state index in [9.17, 15) is 4.79 Å². The first-order chi connectivity index (χ1) is 11.3. The van der Waals surface area contributed by atoms with Crippen LogP contribution in [0.3, 0.4) is 0 Å². The lowest BCUT2D eigenvalue weighted by molar-refractivity contribution is 0.0161. The van der Waals surface area contributed by atoms with Crippen molar-refractivity contribution in [3.8, 4) is 0 Å². The molecule has 0 unspecified atom stereocenters. The van der Waals surface area contributed by atoms with Gasteiger partial charge in [-0.1, -0.05) is 48.5 Å². The minimum absolute atomic E-state index is 0.00571. The highest BCUT2D eigenvalue weighted by Gasteiger charge is 2.30.